The van der Waals surface area contributed by atoms with Crippen LogP contribution in [0.2, 0.25) is 5.02 Å². The van der Waals surface area contributed by atoms with Crippen LogP contribution < -0.4 is 10.6 Å². The molecule has 0 radical (unpaired) electrons. The second-order valence-electron chi connectivity index (χ2n) is 5.73. The van der Waals surface area contributed by atoms with Gasteiger partial charge in [-0.05, 0) is 42.3 Å². The number of anilines is 3. The van der Waals surface area contributed by atoms with Crippen molar-refractivity contribution in [3.05, 3.63) is 83.0 Å². The third kappa shape index (κ3) is 4.81. The van der Waals surface area contributed by atoms with Crippen LogP contribution in [0.3, 0.4) is 0 Å². The van der Waals surface area contributed by atoms with Crippen LogP contribution in [0.5, 0.6) is 0 Å². The van der Waals surface area contributed by atoms with E-state index in [-0.39, 0.29) is 5.91 Å². The molecule has 3 rings (SSSR count). The van der Waals surface area contributed by atoms with E-state index in [0.717, 1.165) is 22.5 Å². The molecular weight excluding hydrogens is 334 g/mol. The van der Waals surface area contributed by atoms with Gasteiger partial charge in [0, 0.05) is 10.7 Å². The SMILES string of the molecule is Cc1ccc(Nc2ccc(NC(=O)Cc3ccccc3)nc2)cc1Cl. The Morgan fingerprint density at radius 3 is 2.48 bits per heavy atom. The second kappa shape index (κ2) is 7.81. The van der Waals surface area contributed by atoms with Crippen LogP contribution in [0.4, 0.5) is 17.2 Å². The van der Waals surface area contributed by atoms with Gasteiger partial charge in [0.1, 0.15) is 5.82 Å². The van der Waals surface area contributed by atoms with Crippen molar-refractivity contribution in [1.82, 2.24) is 4.98 Å². The topological polar surface area (TPSA) is 54.0 Å². The summed E-state index contributed by atoms with van der Waals surface area (Å²) in [5, 5.41) is 6.74. The molecule has 126 valence electrons. The molecule has 1 aromatic heterocycles. The van der Waals surface area contributed by atoms with Crippen molar-refractivity contribution < 1.29 is 4.79 Å². The Morgan fingerprint density at radius 2 is 1.80 bits per heavy atom. The summed E-state index contributed by atoms with van der Waals surface area (Å²) in [5.41, 5.74) is 3.70. The molecule has 2 aromatic carbocycles. The molecule has 0 spiro atoms. The first kappa shape index (κ1) is 17.0. The van der Waals surface area contributed by atoms with Gasteiger partial charge in [0.25, 0.3) is 0 Å². The molecule has 3 aromatic rings. The van der Waals surface area contributed by atoms with Crippen LogP contribution in [-0.4, -0.2) is 10.9 Å². The minimum Gasteiger partial charge on any atom is -0.354 e. The number of pyridine rings is 1. The first-order valence-corrected chi connectivity index (χ1v) is 8.31. The lowest BCUT2D eigenvalue weighted by Gasteiger charge is -2.09. The average Bonchev–Trinajstić information content (AvgIpc) is 2.61. The molecule has 1 amide bonds. The number of hydrogen-bond donors (Lipinski definition) is 2. The Morgan fingerprint density at radius 1 is 1.04 bits per heavy atom. The molecule has 4 nitrogen and oxygen atoms in total. The highest BCUT2D eigenvalue weighted by Crippen LogP contribution is 2.23. The molecule has 0 fully saturated rings. The van der Waals surface area contributed by atoms with Gasteiger partial charge >= 0.3 is 0 Å². The van der Waals surface area contributed by atoms with Gasteiger partial charge in [-0.15, -0.1) is 0 Å². The smallest absolute Gasteiger partial charge is 0.229 e. The summed E-state index contributed by atoms with van der Waals surface area (Å²) in [6, 6.07) is 19.0. The summed E-state index contributed by atoms with van der Waals surface area (Å²) >= 11 is 6.13. The predicted molar refractivity (Wildman–Crippen MR) is 102 cm³/mol. The summed E-state index contributed by atoms with van der Waals surface area (Å²) < 4.78 is 0. The predicted octanol–water partition coefficient (Wildman–Crippen LogP) is 4.97. The molecule has 0 saturated heterocycles. The standard InChI is InChI=1S/C20H18ClN3O/c1-14-7-8-16(12-18(14)21)23-17-9-10-19(22-13-17)24-20(25)11-15-5-3-2-4-6-15/h2-10,12-13,23H,11H2,1H3,(H,22,24,25). The number of nitrogens with one attached hydrogen (secondary N) is 2. The van der Waals surface area contributed by atoms with Crippen LogP contribution >= 0.6 is 11.6 Å². The average molecular weight is 352 g/mol. The molecule has 0 bridgehead atoms. The van der Waals surface area contributed by atoms with Crippen molar-refractivity contribution in [3.63, 3.8) is 0 Å². The Kier molecular flexibility index (Phi) is 5.31. The summed E-state index contributed by atoms with van der Waals surface area (Å²) in [5.74, 6) is 0.429. The minimum atomic E-state index is -0.0928. The van der Waals surface area contributed by atoms with Crippen molar-refractivity contribution in [2.75, 3.05) is 10.6 Å². The number of halogens is 1. The van der Waals surface area contributed by atoms with Gasteiger partial charge in [0.2, 0.25) is 5.91 Å². The third-order valence-electron chi connectivity index (χ3n) is 3.70. The molecule has 0 aliphatic carbocycles. The van der Waals surface area contributed by atoms with Gasteiger partial charge in [0.15, 0.2) is 0 Å². The number of carbonyl (C=O) groups is 1. The van der Waals surface area contributed by atoms with E-state index in [1.54, 1.807) is 12.3 Å². The van der Waals surface area contributed by atoms with Gasteiger partial charge < -0.3 is 10.6 Å². The Hall–Kier alpha value is -2.85. The van der Waals surface area contributed by atoms with Gasteiger partial charge in [0.05, 0.1) is 18.3 Å². The third-order valence-corrected chi connectivity index (χ3v) is 4.11. The number of nitrogens with zero attached hydrogens (tertiary/aromatic N) is 1. The van der Waals surface area contributed by atoms with Crippen molar-refractivity contribution in [2.45, 2.75) is 13.3 Å². The Labute approximate surface area is 151 Å². The lowest BCUT2D eigenvalue weighted by molar-refractivity contribution is -0.115. The number of benzene rings is 2. The van der Waals surface area contributed by atoms with E-state index in [4.69, 9.17) is 11.6 Å². The monoisotopic (exact) mass is 351 g/mol. The maximum Gasteiger partial charge on any atom is 0.229 e. The fraction of sp³-hybridized carbons (Fsp3) is 0.100. The lowest BCUT2D eigenvalue weighted by Crippen LogP contribution is -2.15. The number of carbonyl (C=O) groups excluding carboxylic acids is 1. The molecule has 0 saturated carbocycles. The fourth-order valence-corrected chi connectivity index (χ4v) is 2.53. The maximum atomic E-state index is 12.0. The van der Waals surface area contributed by atoms with Crippen LogP contribution in [0.25, 0.3) is 0 Å². The van der Waals surface area contributed by atoms with E-state index in [1.807, 2.05) is 61.5 Å². The van der Waals surface area contributed by atoms with E-state index in [0.29, 0.717) is 17.3 Å². The first-order valence-electron chi connectivity index (χ1n) is 7.93. The summed E-state index contributed by atoms with van der Waals surface area (Å²) in [7, 11) is 0. The van der Waals surface area contributed by atoms with Crippen LogP contribution in [-0.2, 0) is 11.2 Å². The highest BCUT2D eigenvalue weighted by atomic mass is 35.5. The molecule has 0 unspecified atom stereocenters. The lowest BCUT2D eigenvalue weighted by atomic mass is 10.1. The molecule has 0 aliphatic rings. The molecule has 5 heteroatoms. The molecule has 1 heterocycles. The zero-order chi connectivity index (χ0) is 17.6. The first-order chi connectivity index (χ1) is 12.1. The van der Waals surface area contributed by atoms with Crippen LogP contribution in [0, 0.1) is 6.92 Å². The van der Waals surface area contributed by atoms with Crippen LogP contribution in [0.1, 0.15) is 11.1 Å². The van der Waals surface area contributed by atoms with Gasteiger partial charge in [-0.1, -0.05) is 48.0 Å². The van der Waals surface area contributed by atoms with E-state index >= 15 is 0 Å². The largest absolute Gasteiger partial charge is 0.354 e. The van der Waals surface area contributed by atoms with Crippen molar-refractivity contribution >= 4 is 34.7 Å². The summed E-state index contributed by atoms with van der Waals surface area (Å²) in [6.07, 6.45) is 2.00. The Balaban J connectivity index is 1.60. The van der Waals surface area contributed by atoms with E-state index < -0.39 is 0 Å². The van der Waals surface area contributed by atoms with E-state index in [1.165, 1.54) is 0 Å². The van der Waals surface area contributed by atoms with E-state index in [2.05, 4.69) is 15.6 Å². The van der Waals surface area contributed by atoms with Crippen molar-refractivity contribution in [3.8, 4) is 0 Å². The van der Waals surface area contributed by atoms with Gasteiger partial charge in [-0.3, -0.25) is 4.79 Å². The molecule has 25 heavy (non-hydrogen) atoms. The fourth-order valence-electron chi connectivity index (χ4n) is 2.35. The normalized spacial score (nSPS) is 10.3. The zero-order valence-corrected chi connectivity index (χ0v) is 14.5. The highest BCUT2D eigenvalue weighted by molar-refractivity contribution is 6.31. The van der Waals surface area contributed by atoms with E-state index in [9.17, 15) is 4.79 Å². The quantitative estimate of drug-likeness (QED) is 0.682. The second-order valence-corrected chi connectivity index (χ2v) is 6.14. The van der Waals surface area contributed by atoms with Gasteiger partial charge in [-0.25, -0.2) is 4.98 Å². The number of aryl methyl sites for hydroxylation is 1. The number of rotatable bonds is 5. The zero-order valence-electron chi connectivity index (χ0n) is 13.8. The Bertz CT molecular complexity index is 864. The summed E-state index contributed by atoms with van der Waals surface area (Å²) in [4.78, 5) is 16.3. The van der Waals surface area contributed by atoms with Crippen molar-refractivity contribution in [2.24, 2.45) is 0 Å². The van der Waals surface area contributed by atoms with Gasteiger partial charge in [-0.2, -0.15) is 0 Å². The molecule has 0 aliphatic heterocycles. The minimum absolute atomic E-state index is 0.0928. The number of amides is 1. The number of aromatic nitrogens is 1. The van der Waals surface area contributed by atoms with Crippen LogP contribution in [0.15, 0.2) is 66.9 Å². The summed E-state index contributed by atoms with van der Waals surface area (Å²) in [6.45, 7) is 1.96. The maximum absolute atomic E-state index is 12.0. The van der Waals surface area contributed by atoms with Crippen molar-refractivity contribution in [1.29, 1.82) is 0 Å². The molecular formula is C20H18ClN3O. The molecule has 0 atom stereocenters. The molecule has 2 N–H and O–H groups in total. The number of hydrogen-bond acceptors (Lipinski definition) is 3. The highest BCUT2D eigenvalue weighted by Gasteiger charge is 2.05.